The normalized spacial score (nSPS) is 20.4. The van der Waals surface area contributed by atoms with Crippen molar-refractivity contribution in [3.05, 3.63) is 18.2 Å². The van der Waals surface area contributed by atoms with Crippen LogP contribution in [0, 0.1) is 0 Å². The zero-order valence-corrected chi connectivity index (χ0v) is 7.87. The SMILES string of the molecule is CC1CC(=O)Nc2cc(O)ccc2N1. The Morgan fingerprint density at radius 2 is 2.21 bits per heavy atom. The molecule has 0 fully saturated rings. The van der Waals surface area contributed by atoms with E-state index in [0.717, 1.165) is 5.69 Å². The van der Waals surface area contributed by atoms with E-state index in [1.165, 1.54) is 6.07 Å². The topological polar surface area (TPSA) is 61.4 Å². The van der Waals surface area contributed by atoms with E-state index >= 15 is 0 Å². The van der Waals surface area contributed by atoms with Crippen molar-refractivity contribution < 1.29 is 9.90 Å². The Balaban J connectivity index is 2.41. The van der Waals surface area contributed by atoms with Gasteiger partial charge in [-0.05, 0) is 19.1 Å². The summed E-state index contributed by atoms with van der Waals surface area (Å²) in [7, 11) is 0. The number of carbonyl (C=O) groups is 1. The van der Waals surface area contributed by atoms with Gasteiger partial charge < -0.3 is 15.7 Å². The van der Waals surface area contributed by atoms with Crippen LogP contribution in [0.15, 0.2) is 18.2 Å². The highest BCUT2D eigenvalue weighted by atomic mass is 16.3. The smallest absolute Gasteiger partial charge is 0.226 e. The van der Waals surface area contributed by atoms with Crippen LogP contribution in [-0.4, -0.2) is 17.1 Å². The van der Waals surface area contributed by atoms with Crippen molar-refractivity contribution in [1.29, 1.82) is 0 Å². The van der Waals surface area contributed by atoms with Gasteiger partial charge in [0, 0.05) is 18.5 Å². The van der Waals surface area contributed by atoms with E-state index in [4.69, 9.17) is 0 Å². The first-order valence-corrected chi connectivity index (χ1v) is 4.54. The Morgan fingerprint density at radius 3 is 3.00 bits per heavy atom. The lowest BCUT2D eigenvalue weighted by Crippen LogP contribution is -2.18. The molecule has 1 aromatic rings. The lowest BCUT2D eigenvalue weighted by Gasteiger charge is -2.11. The van der Waals surface area contributed by atoms with Crippen LogP contribution in [0.4, 0.5) is 11.4 Å². The molecule has 1 aliphatic rings. The fourth-order valence-corrected chi connectivity index (χ4v) is 1.56. The summed E-state index contributed by atoms with van der Waals surface area (Å²) in [6.45, 7) is 1.95. The number of fused-ring (bicyclic) bond motifs is 1. The number of carbonyl (C=O) groups excluding carboxylic acids is 1. The molecule has 1 atom stereocenters. The second-order valence-corrected chi connectivity index (χ2v) is 3.53. The third kappa shape index (κ3) is 1.64. The van der Waals surface area contributed by atoms with Gasteiger partial charge in [0.05, 0.1) is 11.4 Å². The van der Waals surface area contributed by atoms with Crippen molar-refractivity contribution in [2.75, 3.05) is 10.6 Å². The summed E-state index contributed by atoms with van der Waals surface area (Å²) in [6, 6.07) is 5.00. The van der Waals surface area contributed by atoms with Crippen LogP contribution < -0.4 is 10.6 Å². The molecule has 4 nitrogen and oxygen atoms in total. The second kappa shape index (κ2) is 3.21. The zero-order chi connectivity index (χ0) is 10.1. The van der Waals surface area contributed by atoms with Gasteiger partial charge in [-0.25, -0.2) is 0 Å². The van der Waals surface area contributed by atoms with Gasteiger partial charge in [-0.1, -0.05) is 0 Å². The minimum Gasteiger partial charge on any atom is -0.508 e. The van der Waals surface area contributed by atoms with Crippen LogP contribution in [0.3, 0.4) is 0 Å². The highest BCUT2D eigenvalue weighted by Gasteiger charge is 2.17. The number of amides is 1. The quantitative estimate of drug-likeness (QED) is 0.546. The van der Waals surface area contributed by atoms with Crippen LogP contribution in [-0.2, 0) is 4.79 Å². The van der Waals surface area contributed by atoms with Crippen LogP contribution >= 0.6 is 0 Å². The molecule has 4 heteroatoms. The minimum atomic E-state index is -0.0330. The molecule has 0 aromatic heterocycles. The molecule has 1 aromatic carbocycles. The number of phenols is 1. The van der Waals surface area contributed by atoms with Crippen molar-refractivity contribution >= 4 is 17.3 Å². The van der Waals surface area contributed by atoms with Crippen molar-refractivity contribution in [2.24, 2.45) is 0 Å². The summed E-state index contributed by atoms with van der Waals surface area (Å²) >= 11 is 0. The summed E-state index contributed by atoms with van der Waals surface area (Å²) < 4.78 is 0. The number of anilines is 2. The second-order valence-electron chi connectivity index (χ2n) is 3.53. The zero-order valence-electron chi connectivity index (χ0n) is 7.87. The molecular formula is C10H12N2O2. The molecule has 0 aliphatic carbocycles. The molecule has 1 heterocycles. The molecule has 14 heavy (non-hydrogen) atoms. The summed E-state index contributed by atoms with van der Waals surface area (Å²) in [5, 5.41) is 15.2. The first kappa shape index (κ1) is 8.87. The van der Waals surface area contributed by atoms with Gasteiger partial charge in [-0.2, -0.15) is 0 Å². The summed E-state index contributed by atoms with van der Waals surface area (Å²) in [5.74, 6) is 0.120. The first-order chi connectivity index (χ1) is 6.65. The van der Waals surface area contributed by atoms with Crippen LogP contribution in [0.1, 0.15) is 13.3 Å². The molecule has 74 valence electrons. The Hall–Kier alpha value is -1.71. The number of nitrogens with one attached hydrogen (secondary N) is 2. The van der Waals surface area contributed by atoms with Gasteiger partial charge in [0.25, 0.3) is 0 Å². The molecule has 0 bridgehead atoms. The van der Waals surface area contributed by atoms with Crippen LogP contribution in [0.25, 0.3) is 0 Å². The molecule has 1 unspecified atom stereocenters. The summed E-state index contributed by atoms with van der Waals surface area (Å²) in [5.41, 5.74) is 1.49. The van der Waals surface area contributed by atoms with Crippen molar-refractivity contribution in [3.63, 3.8) is 0 Å². The average Bonchev–Trinajstić information content (AvgIpc) is 2.21. The Labute approximate surface area is 81.9 Å². The Kier molecular flexibility index (Phi) is 2.04. The Bertz CT molecular complexity index is 376. The molecule has 0 radical (unpaired) electrons. The lowest BCUT2D eigenvalue weighted by molar-refractivity contribution is -0.116. The van der Waals surface area contributed by atoms with Gasteiger partial charge >= 0.3 is 0 Å². The van der Waals surface area contributed by atoms with Crippen molar-refractivity contribution in [1.82, 2.24) is 0 Å². The van der Waals surface area contributed by atoms with E-state index in [-0.39, 0.29) is 17.7 Å². The molecule has 0 saturated carbocycles. The van der Waals surface area contributed by atoms with E-state index in [9.17, 15) is 9.90 Å². The van der Waals surface area contributed by atoms with Gasteiger partial charge in [0.15, 0.2) is 0 Å². The monoisotopic (exact) mass is 192 g/mol. The maximum Gasteiger partial charge on any atom is 0.226 e. The Morgan fingerprint density at radius 1 is 1.43 bits per heavy atom. The van der Waals surface area contributed by atoms with E-state index in [1.807, 2.05) is 6.92 Å². The number of hydrogen-bond donors (Lipinski definition) is 3. The fraction of sp³-hybridized carbons (Fsp3) is 0.300. The molecule has 0 spiro atoms. The van der Waals surface area contributed by atoms with Gasteiger partial charge in [-0.15, -0.1) is 0 Å². The molecule has 2 rings (SSSR count). The lowest BCUT2D eigenvalue weighted by atomic mass is 10.2. The van der Waals surface area contributed by atoms with Crippen molar-refractivity contribution in [2.45, 2.75) is 19.4 Å². The van der Waals surface area contributed by atoms with E-state index in [0.29, 0.717) is 12.1 Å². The van der Waals surface area contributed by atoms with Gasteiger partial charge in [-0.3, -0.25) is 4.79 Å². The molecule has 3 N–H and O–H groups in total. The number of aromatic hydroxyl groups is 1. The first-order valence-electron chi connectivity index (χ1n) is 4.54. The highest BCUT2D eigenvalue weighted by molar-refractivity contribution is 5.96. The minimum absolute atomic E-state index is 0.0330. The van der Waals surface area contributed by atoms with Crippen molar-refractivity contribution in [3.8, 4) is 5.75 Å². The molecule has 0 saturated heterocycles. The maximum atomic E-state index is 11.3. The van der Waals surface area contributed by atoms with E-state index in [1.54, 1.807) is 12.1 Å². The van der Waals surface area contributed by atoms with Crippen LogP contribution in [0.2, 0.25) is 0 Å². The number of hydrogen-bond acceptors (Lipinski definition) is 3. The summed E-state index contributed by atoms with van der Waals surface area (Å²) in [6.07, 6.45) is 0.440. The van der Waals surface area contributed by atoms with Crippen LogP contribution in [0.5, 0.6) is 5.75 Å². The number of rotatable bonds is 0. The standard InChI is InChI=1S/C10H12N2O2/c1-6-4-10(14)12-9-5-7(13)2-3-8(9)11-6/h2-3,5-6,11,13H,4H2,1H3,(H,12,14). The van der Waals surface area contributed by atoms with Gasteiger partial charge in [0.2, 0.25) is 5.91 Å². The molecular weight excluding hydrogens is 180 g/mol. The maximum absolute atomic E-state index is 11.3. The predicted octanol–water partition coefficient (Wildman–Crippen LogP) is 1.53. The largest absolute Gasteiger partial charge is 0.508 e. The predicted molar refractivity (Wildman–Crippen MR) is 54.4 cm³/mol. The van der Waals surface area contributed by atoms with E-state index in [2.05, 4.69) is 10.6 Å². The third-order valence-corrected chi connectivity index (χ3v) is 2.17. The summed E-state index contributed by atoms with van der Waals surface area (Å²) in [4.78, 5) is 11.3. The third-order valence-electron chi connectivity index (χ3n) is 2.17. The average molecular weight is 192 g/mol. The highest BCUT2D eigenvalue weighted by Crippen LogP contribution is 2.29. The van der Waals surface area contributed by atoms with Gasteiger partial charge in [0.1, 0.15) is 5.75 Å². The number of benzene rings is 1. The molecule has 1 aliphatic heterocycles. The van der Waals surface area contributed by atoms with E-state index < -0.39 is 0 Å². The fourth-order valence-electron chi connectivity index (χ4n) is 1.56. The number of phenolic OH excluding ortho intramolecular Hbond substituents is 1. The molecule has 1 amide bonds.